The van der Waals surface area contributed by atoms with E-state index in [0.29, 0.717) is 17.7 Å². The third-order valence-electron chi connectivity index (χ3n) is 4.20. The number of hydrogen-bond acceptors (Lipinski definition) is 4. The maximum Gasteiger partial charge on any atom is 0.266 e. The minimum atomic E-state index is -0.758. The SMILES string of the molecule is Cc1[nH]c(=O)c(C#N)c(C)c1CCC(=O)NCC(O)c1ccccc1. The third-order valence-corrected chi connectivity index (χ3v) is 4.20. The molecule has 0 saturated carbocycles. The largest absolute Gasteiger partial charge is 0.387 e. The van der Waals surface area contributed by atoms with Crippen LogP contribution in [-0.2, 0) is 11.2 Å². The predicted octanol–water partition coefficient (Wildman–Crippen LogP) is 1.65. The molecule has 1 unspecified atom stereocenters. The first-order chi connectivity index (χ1) is 11.9. The Bertz CT molecular complexity index is 851. The maximum atomic E-state index is 12.0. The quantitative estimate of drug-likeness (QED) is 0.744. The van der Waals surface area contributed by atoms with Gasteiger partial charge in [0, 0.05) is 18.7 Å². The summed E-state index contributed by atoms with van der Waals surface area (Å²) in [4.78, 5) is 26.4. The Morgan fingerprint density at radius 3 is 2.64 bits per heavy atom. The van der Waals surface area contributed by atoms with Crippen LogP contribution in [0.4, 0.5) is 0 Å². The van der Waals surface area contributed by atoms with E-state index >= 15 is 0 Å². The van der Waals surface area contributed by atoms with Crippen LogP contribution >= 0.6 is 0 Å². The monoisotopic (exact) mass is 339 g/mol. The number of hydrogen-bond donors (Lipinski definition) is 3. The lowest BCUT2D eigenvalue weighted by Crippen LogP contribution is -2.28. The minimum Gasteiger partial charge on any atom is -0.387 e. The van der Waals surface area contributed by atoms with E-state index in [1.165, 1.54) is 0 Å². The van der Waals surface area contributed by atoms with Crippen molar-refractivity contribution in [1.82, 2.24) is 10.3 Å². The molecule has 2 aromatic rings. The molecule has 0 spiro atoms. The van der Waals surface area contributed by atoms with Crippen LogP contribution < -0.4 is 10.9 Å². The molecular formula is C19H21N3O3. The molecule has 130 valence electrons. The molecule has 1 heterocycles. The van der Waals surface area contributed by atoms with Crippen LogP contribution in [0.5, 0.6) is 0 Å². The lowest BCUT2D eigenvalue weighted by molar-refractivity contribution is -0.121. The highest BCUT2D eigenvalue weighted by Crippen LogP contribution is 2.15. The number of aliphatic hydroxyl groups excluding tert-OH is 1. The molecule has 0 aliphatic heterocycles. The Morgan fingerprint density at radius 1 is 1.32 bits per heavy atom. The number of carbonyl (C=O) groups is 1. The molecule has 0 aliphatic rings. The maximum absolute atomic E-state index is 12.0. The summed E-state index contributed by atoms with van der Waals surface area (Å²) in [7, 11) is 0. The van der Waals surface area contributed by atoms with Gasteiger partial charge < -0.3 is 15.4 Å². The fourth-order valence-corrected chi connectivity index (χ4v) is 2.75. The van der Waals surface area contributed by atoms with Crippen molar-refractivity contribution in [3.63, 3.8) is 0 Å². The zero-order valence-corrected chi connectivity index (χ0v) is 14.3. The molecular weight excluding hydrogens is 318 g/mol. The Hall–Kier alpha value is -2.91. The van der Waals surface area contributed by atoms with Gasteiger partial charge in [0.2, 0.25) is 5.91 Å². The molecule has 6 heteroatoms. The van der Waals surface area contributed by atoms with Gasteiger partial charge in [-0.05, 0) is 37.0 Å². The summed E-state index contributed by atoms with van der Waals surface area (Å²) in [5.41, 5.74) is 2.50. The summed E-state index contributed by atoms with van der Waals surface area (Å²) in [5.74, 6) is -0.196. The number of nitriles is 1. The average Bonchev–Trinajstić information content (AvgIpc) is 2.60. The molecule has 0 fully saturated rings. The summed E-state index contributed by atoms with van der Waals surface area (Å²) in [6.07, 6.45) is -0.136. The second kappa shape index (κ2) is 8.27. The van der Waals surface area contributed by atoms with Crippen molar-refractivity contribution in [3.05, 3.63) is 68.6 Å². The Balaban J connectivity index is 1.95. The van der Waals surface area contributed by atoms with Crippen LogP contribution in [-0.4, -0.2) is 22.5 Å². The molecule has 6 nitrogen and oxygen atoms in total. The number of H-pyrrole nitrogens is 1. The summed E-state index contributed by atoms with van der Waals surface area (Å²) in [6.45, 7) is 3.60. The fourth-order valence-electron chi connectivity index (χ4n) is 2.75. The van der Waals surface area contributed by atoms with Gasteiger partial charge in [-0.25, -0.2) is 0 Å². The van der Waals surface area contributed by atoms with Crippen molar-refractivity contribution in [1.29, 1.82) is 5.26 Å². The van der Waals surface area contributed by atoms with E-state index < -0.39 is 11.7 Å². The molecule has 1 aromatic heterocycles. The standard InChI is InChI=1S/C19H21N3O3/c1-12-15(13(2)22-19(25)16(12)10-20)8-9-18(24)21-11-17(23)14-6-4-3-5-7-14/h3-7,17,23H,8-9,11H2,1-2H3,(H,21,24)(H,22,25). The number of pyridine rings is 1. The summed E-state index contributed by atoms with van der Waals surface area (Å²) in [5, 5.41) is 21.8. The number of amides is 1. The number of aryl methyl sites for hydroxylation is 1. The number of rotatable bonds is 6. The van der Waals surface area contributed by atoms with Gasteiger partial charge in [-0.3, -0.25) is 9.59 Å². The zero-order valence-electron chi connectivity index (χ0n) is 14.3. The van der Waals surface area contributed by atoms with Gasteiger partial charge in [-0.1, -0.05) is 30.3 Å². The van der Waals surface area contributed by atoms with Gasteiger partial charge in [0.15, 0.2) is 0 Å². The summed E-state index contributed by atoms with van der Waals surface area (Å²) in [6, 6.07) is 11.0. The van der Waals surface area contributed by atoms with Crippen molar-refractivity contribution < 1.29 is 9.90 Å². The number of carbonyl (C=O) groups excluding carboxylic acids is 1. The first-order valence-corrected chi connectivity index (χ1v) is 8.06. The molecule has 1 aromatic carbocycles. The number of nitrogens with zero attached hydrogens (tertiary/aromatic N) is 1. The third kappa shape index (κ3) is 4.55. The van der Waals surface area contributed by atoms with Gasteiger partial charge in [0.05, 0.1) is 6.10 Å². The molecule has 2 rings (SSSR count). The number of aliphatic hydroxyl groups is 1. The van der Waals surface area contributed by atoms with Crippen LogP contribution in [0, 0.1) is 25.2 Å². The van der Waals surface area contributed by atoms with Crippen LogP contribution in [0.2, 0.25) is 0 Å². The van der Waals surface area contributed by atoms with Crippen LogP contribution in [0.3, 0.4) is 0 Å². The molecule has 1 amide bonds. The fraction of sp³-hybridized carbons (Fsp3) is 0.316. The Kier molecular flexibility index (Phi) is 6.09. The van der Waals surface area contributed by atoms with E-state index in [1.54, 1.807) is 26.0 Å². The average molecular weight is 339 g/mol. The second-order valence-electron chi connectivity index (χ2n) is 5.90. The normalized spacial score (nSPS) is 11.6. The molecule has 3 N–H and O–H groups in total. The van der Waals surface area contributed by atoms with Crippen molar-refractivity contribution in [2.75, 3.05) is 6.54 Å². The van der Waals surface area contributed by atoms with Crippen molar-refractivity contribution in [2.24, 2.45) is 0 Å². The van der Waals surface area contributed by atoms with Gasteiger partial charge in [-0.15, -0.1) is 0 Å². The van der Waals surface area contributed by atoms with E-state index in [2.05, 4.69) is 10.3 Å². The lowest BCUT2D eigenvalue weighted by Gasteiger charge is -2.13. The number of aromatic nitrogens is 1. The van der Waals surface area contributed by atoms with Gasteiger partial charge in [0.25, 0.3) is 5.56 Å². The molecule has 0 bridgehead atoms. The van der Waals surface area contributed by atoms with Crippen LogP contribution in [0.15, 0.2) is 35.1 Å². The van der Waals surface area contributed by atoms with E-state index in [1.807, 2.05) is 24.3 Å². The van der Waals surface area contributed by atoms with Gasteiger partial charge in [-0.2, -0.15) is 5.26 Å². The highest BCUT2D eigenvalue weighted by molar-refractivity contribution is 5.76. The van der Waals surface area contributed by atoms with Crippen molar-refractivity contribution >= 4 is 5.91 Å². The van der Waals surface area contributed by atoms with Gasteiger partial charge in [0.1, 0.15) is 11.6 Å². The molecule has 0 saturated heterocycles. The van der Waals surface area contributed by atoms with E-state index in [-0.39, 0.29) is 24.4 Å². The van der Waals surface area contributed by atoms with E-state index in [9.17, 15) is 14.7 Å². The molecule has 0 radical (unpaired) electrons. The zero-order chi connectivity index (χ0) is 18.4. The highest BCUT2D eigenvalue weighted by atomic mass is 16.3. The Labute approximate surface area is 146 Å². The van der Waals surface area contributed by atoms with Crippen LogP contribution in [0.1, 0.15) is 40.5 Å². The van der Waals surface area contributed by atoms with Crippen molar-refractivity contribution in [2.45, 2.75) is 32.8 Å². The smallest absolute Gasteiger partial charge is 0.266 e. The minimum absolute atomic E-state index is 0.0838. The predicted molar refractivity (Wildman–Crippen MR) is 94.0 cm³/mol. The molecule has 0 aliphatic carbocycles. The summed E-state index contributed by atoms with van der Waals surface area (Å²) >= 11 is 0. The highest BCUT2D eigenvalue weighted by Gasteiger charge is 2.14. The number of nitrogens with one attached hydrogen (secondary N) is 2. The number of aromatic amines is 1. The van der Waals surface area contributed by atoms with Gasteiger partial charge >= 0.3 is 0 Å². The topological polar surface area (TPSA) is 106 Å². The Morgan fingerprint density at radius 2 is 2.00 bits per heavy atom. The number of benzene rings is 1. The molecule has 1 atom stereocenters. The van der Waals surface area contributed by atoms with E-state index in [4.69, 9.17) is 5.26 Å². The first-order valence-electron chi connectivity index (χ1n) is 8.06. The van der Waals surface area contributed by atoms with Crippen LogP contribution in [0.25, 0.3) is 0 Å². The molecule has 25 heavy (non-hydrogen) atoms. The summed E-state index contributed by atoms with van der Waals surface area (Å²) < 4.78 is 0. The lowest BCUT2D eigenvalue weighted by atomic mass is 9.99. The van der Waals surface area contributed by atoms with Crippen molar-refractivity contribution in [3.8, 4) is 6.07 Å². The van der Waals surface area contributed by atoms with E-state index in [0.717, 1.165) is 11.1 Å². The first kappa shape index (κ1) is 18.4. The second-order valence-corrected chi connectivity index (χ2v) is 5.90.